The number of para-hydroxylation sites is 3. The summed E-state index contributed by atoms with van der Waals surface area (Å²) in [6.45, 7) is 0. The predicted octanol–water partition coefficient (Wildman–Crippen LogP) is 16.2. The molecule has 0 saturated heterocycles. The van der Waals surface area contributed by atoms with Crippen molar-refractivity contribution in [1.29, 1.82) is 0 Å². The van der Waals surface area contributed by atoms with Crippen molar-refractivity contribution in [3.63, 3.8) is 0 Å². The van der Waals surface area contributed by atoms with Gasteiger partial charge in [-0.25, -0.2) is 0 Å². The number of aromatic nitrogens is 1. The lowest BCUT2D eigenvalue weighted by molar-refractivity contribution is 1.18. The molecule has 1 heterocycles. The van der Waals surface area contributed by atoms with Gasteiger partial charge in [-0.15, -0.1) is 0 Å². The van der Waals surface area contributed by atoms with E-state index in [1.165, 1.54) is 87.1 Å². The van der Waals surface area contributed by atoms with Crippen molar-refractivity contribution in [1.82, 2.24) is 4.57 Å². The first-order chi connectivity index (χ1) is 29.8. The highest BCUT2D eigenvalue weighted by molar-refractivity contribution is 6.15. The lowest BCUT2D eigenvalue weighted by Crippen LogP contribution is -2.10. The van der Waals surface area contributed by atoms with Crippen LogP contribution in [0.3, 0.4) is 0 Å². The van der Waals surface area contributed by atoms with Gasteiger partial charge in [0.05, 0.1) is 16.7 Å². The fourth-order valence-corrected chi connectivity index (χ4v) is 9.62. The maximum absolute atomic E-state index is 2.42. The highest BCUT2D eigenvalue weighted by atomic mass is 15.1. The van der Waals surface area contributed by atoms with E-state index in [0.717, 1.165) is 22.7 Å². The third-order valence-electron chi connectivity index (χ3n) is 12.4. The maximum Gasteiger partial charge on any atom is 0.0619 e. The van der Waals surface area contributed by atoms with Crippen LogP contribution in [0.15, 0.2) is 231 Å². The highest BCUT2D eigenvalue weighted by Gasteiger charge is 2.19. The fourth-order valence-electron chi connectivity index (χ4n) is 9.62. The summed E-state index contributed by atoms with van der Waals surface area (Å²) >= 11 is 0. The number of benzene rings is 11. The lowest BCUT2D eigenvalue weighted by Gasteiger charge is -2.27. The molecule has 0 spiro atoms. The number of hydrogen-bond donors (Lipinski definition) is 0. The van der Waals surface area contributed by atoms with Gasteiger partial charge in [-0.05, 0) is 103 Å². The topological polar surface area (TPSA) is 8.17 Å². The summed E-state index contributed by atoms with van der Waals surface area (Å²) in [6, 6.07) is 84.2. The van der Waals surface area contributed by atoms with Crippen molar-refractivity contribution in [2.75, 3.05) is 4.90 Å². The number of hydrogen-bond acceptors (Lipinski definition) is 1. The lowest BCUT2D eigenvalue weighted by atomic mass is 9.94. The average Bonchev–Trinajstić information content (AvgIpc) is 3.67. The van der Waals surface area contributed by atoms with E-state index in [0.29, 0.717) is 0 Å². The van der Waals surface area contributed by atoms with Crippen LogP contribution < -0.4 is 4.90 Å². The van der Waals surface area contributed by atoms with Crippen molar-refractivity contribution in [2.24, 2.45) is 0 Å². The number of rotatable bonds is 6. The molecule has 0 bridgehead atoms. The molecule has 11 aromatic carbocycles. The monoisotopic (exact) mass is 762 g/mol. The zero-order valence-electron chi connectivity index (χ0n) is 32.8. The Morgan fingerprint density at radius 2 is 0.783 bits per heavy atom. The molecular weight excluding hydrogens is 725 g/mol. The average molecular weight is 763 g/mol. The minimum Gasteiger partial charge on any atom is -0.310 e. The van der Waals surface area contributed by atoms with Crippen molar-refractivity contribution >= 4 is 82.0 Å². The Hall–Kier alpha value is -7.94. The van der Waals surface area contributed by atoms with Crippen LogP contribution >= 0.6 is 0 Å². The standard InChI is InChI=1S/C58H38N2/c1-2-15-43(16-3-1)60-57-25-9-8-19-53(57)55-24-11-21-49(58(55)60)42-29-35-45(36-30-42)59(56-26-12-23-51-47-18-7-5-14-40(47)32-38-54(51)56)44-33-27-41(28-34-44)48-20-10-22-50-46-17-6-4-13-39(46)31-37-52(48)50/h1-38H. The molecule has 0 aliphatic rings. The molecule has 0 aliphatic heterocycles. The molecule has 2 nitrogen and oxygen atoms in total. The molecule has 0 fully saturated rings. The molecule has 0 N–H and O–H groups in total. The summed E-state index contributed by atoms with van der Waals surface area (Å²) in [7, 11) is 0. The Balaban J connectivity index is 1.02. The van der Waals surface area contributed by atoms with Crippen molar-refractivity contribution in [2.45, 2.75) is 0 Å². The summed E-state index contributed by atoms with van der Waals surface area (Å²) in [5.74, 6) is 0. The van der Waals surface area contributed by atoms with Gasteiger partial charge in [-0.3, -0.25) is 0 Å². The normalized spacial score (nSPS) is 11.7. The van der Waals surface area contributed by atoms with E-state index in [4.69, 9.17) is 0 Å². The van der Waals surface area contributed by atoms with E-state index in [2.05, 4.69) is 240 Å². The van der Waals surface area contributed by atoms with Gasteiger partial charge in [0.2, 0.25) is 0 Å². The quantitative estimate of drug-likeness (QED) is 0.153. The first-order valence-electron chi connectivity index (χ1n) is 20.7. The van der Waals surface area contributed by atoms with Gasteiger partial charge in [-0.1, -0.05) is 182 Å². The molecule has 2 heteroatoms. The minimum absolute atomic E-state index is 1.10. The molecule has 0 radical (unpaired) electrons. The van der Waals surface area contributed by atoms with E-state index in [1.54, 1.807) is 0 Å². The Morgan fingerprint density at radius 1 is 0.283 bits per heavy atom. The van der Waals surface area contributed by atoms with Crippen LogP contribution in [0.5, 0.6) is 0 Å². The highest BCUT2D eigenvalue weighted by Crippen LogP contribution is 2.44. The van der Waals surface area contributed by atoms with Crippen LogP contribution in [-0.4, -0.2) is 4.57 Å². The summed E-state index contributed by atoms with van der Waals surface area (Å²) in [4.78, 5) is 2.42. The summed E-state index contributed by atoms with van der Waals surface area (Å²) in [6.07, 6.45) is 0. The predicted molar refractivity (Wildman–Crippen MR) is 256 cm³/mol. The van der Waals surface area contributed by atoms with Crippen LogP contribution in [0.25, 0.3) is 92.8 Å². The second kappa shape index (κ2) is 13.9. The Labute approximate surface area is 348 Å². The van der Waals surface area contributed by atoms with E-state index < -0.39 is 0 Å². The molecule has 12 aromatic rings. The SMILES string of the molecule is c1ccc(-n2c3ccccc3c3cccc(-c4ccc(N(c5ccc(-c6cccc7c6ccc6ccccc67)cc5)c5cccc6c5ccc5ccccc56)cc4)c32)cc1. The van der Waals surface area contributed by atoms with Crippen molar-refractivity contribution in [3.8, 4) is 27.9 Å². The second-order valence-corrected chi connectivity index (χ2v) is 15.7. The summed E-state index contributed by atoms with van der Waals surface area (Å²) < 4.78 is 2.42. The minimum atomic E-state index is 1.10. The van der Waals surface area contributed by atoms with Crippen LogP contribution in [0.2, 0.25) is 0 Å². The van der Waals surface area contributed by atoms with Crippen LogP contribution in [0, 0.1) is 0 Å². The molecule has 1 aromatic heterocycles. The van der Waals surface area contributed by atoms with E-state index >= 15 is 0 Å². The molecule has 0 atom stereocenters. The van der Waals surface area contributed by atoms with Crippen molar-refractivity contribution < 1.29 is 0 Å². The molecule has 0 aliphatic carbocycles. The largest absolute Gasteiger partial charge is 0.310 e. The first kappa shape index (κ1) is 34.1. The third-order valence-corrected chi connectivity index (χ3v) is 12.4. The Morgan fingerprint density at radius 3 is 1.47 bits per heavy atom. The Kier molecular flexibility index (Phi) is 7.89. The number of anilines is 3. The van der Waals surface area contributed by atoms with E-state index in [1.807, 2.05) is 0 Å². The van der Waals surface area contributed by atoms with Crippen LogP contribution in [0.1, 0.15) is 0 Å². The molecule has 0 saturated carbocycles. The van der Waals surface area contributed by atoms with Crippen molar-refractivity contribution in [3.05, 3.63) is 231 Å². The molecule has 0 unspecified atom stereocenters. The van der Waals surface area contributed by atoms with E-state index in [9.17, 15) is 0 Å². The zero-order valence-corrected chi connectivity index (χ0v) is 32.8. The molecular formula is C58H38N2. The first-order valence-corrected chi connectivity index (χ1v) is 20.7. The smallest absolute Gasteiger partial charge is 0.0619 e. The van der Waals surface area contributed by atoms with Crippen LogP contribution in [-0.2, 0) is 0 Å². The molecule has 12 rings (SSSR count). The molecule has 280 valence electrons. The molecule has 60 heavy (non-hydrogen) atoms. The van der Waals surface area contributed by atoms with Gasteiger partial charge in [0.1, 0.15) is 0 Å². The maximum atomic E-state index is 2.42. The van der Waals surface area contributed by atoms with Gasteiger partial charge in [-0.2, -0.15) is 0 Å². The molecule has 0 amide bonds. The third kappa shape index (κ3) is 5.42. The summed E-state index contributed by atoms with van der Waals surface area (Å²) in [5.41, 5.74) is 11.7. The van der Waals surface area contributed by atoms with Gasteiger partial charge in [0.15, 0.2) is 0 Å². The van der Waals surface area contributed by atoms with E-state index in [-0.39, 0.29) is 0 Å². The fraction of sp³-hybridized carbons (Fsp3) is 0. The van der Waals surface area contributed by atoms with Gasteiger partial charge in [0, 0.05) is 38.8 Å². The van der Waals surface area contributed by atoms with Gasteiger partial charge in [0.25, 0.3) is 0 Å². The Bertz CT molecular complexity index is 3580. The second-order valence-electron chi connectivity index (χ2n) is 15.7. The van der Waals surface area contributed by atoms with Crippen LogP contribution in [0.4, 0.5) is 17.1 Å². The number of fused-ring (bicyclic) bond motifs is 9. The van der Waals surface area contributed by atoms with Gasteiger partial charge < -0.3 is 9.47 Å². The summed E-state index contributed by atoms with van der Waals surface area (Å²) in [5, 5.41) is 12.5. The van der Waals surface area contributed by atoms with Gasteiger partial charge >= 0.3 is 0 Å². The number of nitrogens with zero attached hydrogens (tertiary/aromatic N) is 2. The zero-order chi connectivity index (χ0) is 39.6.